The minimum absolute atomic E-state index is 0.158. The molecule has 0 unspecified atom stereocenters. The summed E-state index contributed by atoms with van der Waals surface area (Å²) < 4.78 is 36.2. The molecule has 1 heterocycles. The molecule has 3 aromatic rings. The van der Waals surface area contributed by atoms with Gasteiger partial charge in [0.15, 0.2) is 18.9 Å². The molecule has 0 fully saturated rings. The number of rotatable bonds is 7. The molecule has 1 aromatic heterocycles. The summed E-state index contributed by atoms with van der Waals surface area (Å²) in [5.41, 5.74) is 6.68. The maximum absolute atomic E-state index is 12.3. The number of nitrogen functional groups attached to an aromatic ring is 1. The molecule has 134 valence electrons. The standard InChI is InChI=1S/C19H18N3O3S/c20-16-9-11-22(12-10-16)13-14-25-18-6-4-5-17(15-18)21-26(23,24)19-7-2-1-3-8-19/h1-12,15,20H,13-14H2/q-1/p+1. The molecule has 0 saturated heterocycles. The highest BCUT2D eigenvalue weighted by Crippen LogP contribution is 2.30. The fourth-order valence-electron chi connectivity index (χ4n) is 2.30. The third kappa shape index (κ3) is 4.73. The summed E-state index contributed by atoms with van der Waals surface area (Å²) in [7, 11) is -3.74. The summed E-state index contributed by atoms with van der Waals surface area (Å²) in [5, 5.41) is 0. The van der Waals surface area contributed by atoms with Crippen molar-refractivity contribution in [3.8, 4) is 5.75 Å². The molecule has 0 aliphatic heterocycles. The van der Waals surface area contributed by atoms with Gasteiger partial charge >= 0.3 is 0 Å². The zero-order chi connectivity index (χ0) is 18.4. The lowest BCUT2D eigenvalue weighted by Gasteiger charge is -2.22. The molecule has 0 radical (unpaired) electrons. The predicted molar refractivity (Wildman–Crippen MR) is 99.6 cm³/mol. The van der Waals surface area contributed by atoms with Crippen LogP contribution in [0.1, 0.15) is 0 Å². The van der Waals surface area contributed by atoms with Crippen molar-refractivity contribution >= 4 is 21.4 Å². The third-order valence-electron chi connectivity index (χ3n) is 3.62. The number of hydrogen-bond donors (Lipinski definition) is 1. The largest absolute Gasteiger partial charge is 0.573 e. The molecular weight excluding hydrogens is 350 g/mol. The van der Waals surface area contributed by atoms with Crippen LogP contribution in [-0.2, 0) is 16.6 Å². The molecule has 26 heavy (non-hydrogen) atoms. The Kier molecular flexibility index (Phi) is 5.38. The van der Waals surface area contributed by atoms with E-state index in [0.717, 1.165) is 0 Å². The lowest BCUT2D eigenvalue weighted by molar-refractivity contribution is -0.697. The molecule has 2 N–H and O–H groups in total. The van der Waals surface area contributed by atoms with E-state index in [1.54, 1.807) is 42.5 Å². The predicted octanol–water partition coefficient (Wildman–Crippen LogP) is 3.03. The number of aromatic nitrogens is 1. The van der Waals surface area contributed by atoms with Crippen molar-refractivity contribution in [1.29, 1.82) is 0 Å². The first-order valence-electron chi connectivity index (χ1n) is 8.03. The van der Waals surface area contributed by atoms with Gasteiger partial charge in [-0.2, -0.15) is 0 Å². The number of sulfonamides is 1. The van der Waals surface area contributed by atoms with Crippen LogP contribution in [0.25, 0.3) is 4.72 Å². The molecule has 0 aliphatic carbocycles. The monoisotopic (exact) mass is 369 g/mol. The molecule has 7 heteroatoms. The van der Waals surface area contributed by atoms with E-state index >= 15 is 0 Å². The summed E-state index contributed by atoms with van der Waals surface area (Å²) in [6.45, 7) is 1.08. The van der Waals surface area contributed by atoms with Crippen molar-refractivity contribution in [2.24, 2.45) is 0 Å². The molecule has 0 aliphatic rings. The Hall–Kier alpha value is -3.06. The second-order valence-electron chi connectivity index (χ2n) is 5.59. The van der Waals surface area contributed by atoms with Gasteiger partial charge < -0.3 is 15.2 Å². The van der Waals surface area contributed by atoms with Crippen LogP contribution in [0, 0.1) is 0 Å². The fourth-order valence-corrected chi connectivity index (χ4v) is 3.30. The smallest absolute Gasteiger partial charge is 0.182 e. The first kappa shape index (κ1) is 17.8. The lowest BCUT2D eigenvalue weighted by atomic mass is 10.3. The van der Waals surface area contributed by atoms with E-state index in [1.807, 2.05) is 29.1 Å². The van der Waals surface area contributed by atoms with E-state index < -0.39 is 10.0 Å². The van der Waals surface area contributed by atoms with Crippen LogP contribution in [0.15, 0.2) is 84.0 Å². The fraction of sp³-hybridized carbons (Fsp3) is 0.105. The van der Waals surface area contributed by atoms with Gasteiger partial charge in [0.05, 0.1) is 4.90 Å². The minimum atomic E-state index is -3.74. The van der Waals surface area contributed by atoms with Crippen LogP contribution in [0.3, 0.4) is 0 Å². The van der Waals surface area contributed by atoms with Gasteiger partial charge in [-0.3, -0.25) is 0 Å². The molecule has 0 amide bonds. The zero-order valence-electron chi connectivity index (χ0n) is 14.0. The van der Waals surface area contributed by atoms with Crippen LogP contribution in [0.4, 0.5) is 11.4 Å². The number of pyridine rings is 1. The number of anilines is 1. The van der Waals surface area contributed by atoms with Crippen molar-refractivity contribution < 1.29 is 17.7 Å². The zero-order valence-corrected chi connectivity index (χ0v) is 14.8. The molecule has 0 bridgehead atoms. The second kappa shape index (κ2) is 7.88. The van der Waals surface area contributed by atoms with Gasteiger partial charge in [-0.25, -0.2) is 13.0 Å². The number of hydrogen-bond acceptors (Lipinski definition) is 4. The van der Waals surface area contributed by atoms with Crippen molar-refractivity contribution in [2.75, 3.05) is 12.3 Å². The average Bonchev–Trinajstić information content (AvgIpc) is 2.64. The number of nitrogens with zero attached hydrogens (tertiary/aromatic N) is 2. The van der Waals surface area contributed by atoms with Gasteiger partial charge in [0.25, 0.3) is 0 Å². The van der Waals surface area contributed by atoms with Crippen LogP contribution < -0.4 is 15.0 Å². The van der Waals surface area contributed by atoms with E-state index in [-0.39, 0.29) is 4.90 Å². The van der Waals surface area contributed by atoms with Crippen LogP contribution in [0.2, 0.25) is 0 Å². The van der Waals surface area contributed by atoms with E-state index in [2.05, 4.69) is 4.72 Å². The highest BCUT2D eigenvalue weighted by molar-refractivity contribution is 7.94. The van der Waals surface area contributed by atoms with Crippen LogP contribution in [-0.4, -0.2) is 15.0 Å². The summed E-state index contributed by atoms with van der Waals surface area (Å²) in [5.74, 6) is 0.561. The first-order chi connectivity index (χ1) is 12.5. The molecule has 6 nitrogen and oxygen atoms in total. The maximum Gasteiger partial charge on any atom is 0.182 e. The summed E-state index contributed by atoms with van der Waals surface area (Å²) in [6, 6.07) is 18.5. The summed E-state index contributed by atoms with van der Waals surface area (Å²) >= 11 is 0. The van der Waals surface area contributed by atoms with Crippen molar-refractivity contribution in [3.63, 3.8) is 0 Å². The third-order valence-corrected chi connectivity index (χ3v) is 4.94. The van der Waals surface area contributed by atoms with Gasteiger partial charge in [0, 0.05) is 17.8 Å². The Balaban J connectivity index is 1.62. The van der Waals surface area contributed by atoms with E-state index in [4.69, 9.17) is 10.5 Å². The second-order valence-corrected chi connectivity index (χ2v) is 7.20. The molecule has 0 atom stereocenters. The normalized spacial score (nSPS) is 11.1. The highest BCUT2D eigenvalue weighted by Gasteiger charge is 2.04. The molecule has 0 saturated carbocycles. The quantitative estimate of drug-likeness (QED) is 0.649. The first-order valence-corrected chi connectivity index (χ1v) is 9.47. The molecule has 2 aromatic carbocycles. The maximum atomic E-state index is 12.3. The Labute approximate surface area is 152 Å². The van der Waals surface area contributed by atoms with E-state index in [1.165, 1.54) is 12.1 Å². The Morgan fingerprint density at radius 3 is 2.42 bits per heavy atom. The van der Waals surface area contributed by atoms with Gasteiger partial charge in [-0.05, 0) is 24.3 Å². The molecular formula is C19H19N3O3S. The topological polar surface area (TPSA) is 87.4 Å². The van der Waals surface area contributed by atoms with E-state index in [0.29, 0.717) is 30.3 Å². The SMILES string of the molecule is Nc1cc[n+](CCOc2cccc([N-]S(=O)(=O)c3ccccc3)c2)cc1. The average molecular weight is 369 g/mol. The Morgan fingerprint density at radius 2 is 1.69 bits per heavy atom. The lowest BCUT2D eigenvalue weighted by Crippen LogP contribution is -2.35. The Bertz CT molecular complexity index is 959. The molecule has 0 spiro atoms. The van der Waals surface area contributed by atoms with Crippen LogP contribution in [0.5, 0.6) is 5.75 Å². The molecule has 3 rings (SSSR count). The van der Waals surface area contributed by atoms with Crippen molar-refractivity contribution in [1.82, 2.24) is 0 Å². The number of nitrogens with two attached hydrogens (primary N) is 1. The Morgan fingerprint density at radius 1 is 0.962 bits per heavy atom. The van der Waals surface area contributed by atoms with Crippen LogP contribution >= 0.6 is 0 Å². The number of benzene rings is 2. The summed E-state index contributed by atoms with van der Waals surface area (Å²) in [4.78, 5) is 0.158. The van der Waals surface area contributed by atoms with Crippen molar-refractivity contribution in [3.05, 3.63) is 83.8 Å². The highest BCUT2D eigenvalue weighted by atomic mass is 32.2. The van der Waals surface area contributed by atoms with Gasteiger partial charge in [-0.1, -0.05) is 30.3 Å². The van der Waals surface area contributed by atoms with Gasteiger partial charge in [-0.15, -0.1) is 5.69 Å². The summed E-state index contributed by atoms with van der Waals surface area (Å²) in [6.07, 6.45) is 3.74. The minimum Gasteiger partial charge on any atom is -0.573 e. The van der Waals surface area contributed by atoms with Gasteiger partial charge in [0.2, 0.25) is 0 Å². The van der Waals surface area contributed by atoms with E-state index in [9.17, 15) is 8.42 Å². The number of ether oxygens (including phenoxy) is 1. The van der Waals surface area contributed by atoms with Gasteiger partial charge in [0.1, 0.15) is 22.4 Å². The van der Waals surface area contributed by atoms with Crippen molar-refractivity contribution in [2.45, 2.75) is 11.4 Å².